The normalized spacial score (nSPS) is 12.2. The molecule has 2 nitrogen and oxygen atoms in total. The van der Waals surface area contributed by atoms with Crippen LogP contribution in [0.15, 0.2) is 279 Å². The Morgan fingerprint density at radius 1 is 0.237 bits per heavy atom. The van der Waals surface area contributed by atoms with Crippen LogP contribution >= 0.6 is 0 Å². The SMILES string of the molecule is CCCCCCc1cccc(-c2ccc3c(c2)B2c4ccc(CCCCCC)cc4N(c4c(-c5ccccc5)cc(-c5ccccc5)cc4-c4ccccc4)c4cc(CCCCCC)cc(c42)N3c2c(-c3ccccc3)cc(-c3ccccc3)cc2-c2ccccc2)c1. The number of benzene rings is 12. The summed E-state index contributed by atoms with van der Waals surface area (Å²) < 4.78 is 0. The van der Waals surface area contributed by atoms with Gasteiger partial charge >= 0.3 is 0 Å². The molecule has 2 aliphatic rings. The molecule has 0 spiro atoms. The molecule has 0 atom stereocenters. The summed E-state index contributed by atoms with van der Waals surface area (Å²) in [7, 11) is 0. The molecule has 0 unspecified atom stereocenters. The third-order valence-electron chi connectivity index (χ3n) is 19.6. The molecule has 0 aromatic heterocycles. The molecule has 2 heterocycles. The summed E-state index contributed by atoms with van der Waals surface area (Å²) >= 11 is 0. The maximum Gasteiger partial charge on any atom is 0.252 e. The smallest absolute Gasteiger partial charge is 0.252 e. The maximum atomic E-state index is 2.78. The van der Waals surface area contributed by atoms with Crippen LogP contribution in [0.25, 0.3) is 77.9 Å². The van der Waals surface area contributed by atoms with Gasteiger partial charge in [-0.05, 0) is 176 Å². The zero-order valence-electron chi connectivity index (χ0n) is 54.6. The quantitative estimate of drug-likeness (QED) is 0.0439. The van der Waals surface area contributed by atoms with Crippen LogP contribution in [-0.2, 0) is 19.3 Å². The summed E-state index contributed by atoms with van der Waals surface area (Å²) in [5, 5.41) is 0. The first kappa shape index (κ1) is 60.8. The Hall–Kier alpha value is -9.70. The summed E-state index contributed by atoms with van der Waals surface area (Å²) in [5.74, 6) is 0. The van der Waals surface area contributed by atoms with E-state index in [9.17, 15) is 0 Å². The molecule has 3 heteroatoms. The van der Waals surface area contributed by atoms with E-state index in [0.717, 1.165) is 32.1 Å². The van der Waals surface area contributed by atoms with Crippen LogP contribution in [0.5, 0.6) is 0 Å². The second kappa shape index (κ2) is 28.4. The van der Waals surface area contributed by atoms with Crippen molar-refractivity contribution < 1.29 is 0 Å². The maximum absolute atomic E-state index is 2.78. The van der Waals surface area contributed by atoms with Crippen molar-refractivity contribution in [1.29, 1.82) is 0 Å². The molecule has 0 saturated heterocycles. The molecule has 0 saturated carbocycles. The third kappa shape index (κ3) is 12.7. The van der Waals surface area contributed by atoms with E-state index < -0.39 is 0 Å². The number of rotatable bonds is 24. The van der Waals surface area contributed by atoms with E-state index in [2.05, 4.69) is 310 Å². The molecule has 0 fully saturated rings. The van der Waals surface area contributed by atoms with E-state index in [1.165, 1.54) is 209 Å². The van der Waals surface area contributed by atoms with Gasteiger partial charge in [0.1, 0.15) is 0 Å². The van der Waals surface area contributed by atoms with E-state index in [1.54, 1.807) is 0 Å². The first-order valence-electron chi connectivity index (χ1n) is 34.9. The number of hydrogen-bond donors (Lipinski definition) is 0. The standard InChI is InChI=1S/C90H85BN2/c1-4-7-10-19-35-65-38-34-51-74(56-65)75-53-55-84-83(64-75)91-82-54-52-66(36-20-11-8-5-2)57-85(82)93(90-80(72-47-30-17-31-48-72)62-77(69-41-24-14-25-42-69)63-81(90)73-49-32-18-33-50-73)87-59-67(37-21-12-9-6-3)58-86(88(87)91)92(84)89-78(70-43-26-15-27-44-70)60-76(68-39-22-13-23-40-68)61-79(89)71-45-28-16-29-46-71/h13-18,22-34,38-64H,4-12,19-21,35-37H2,1-3H3. The Kier molecular flexibility index (Phi) is 18.6. The minimum Gasteiger partial charge on any atom is -0.310 e. The van der Waals surface area contributed by atoms with Gasteiger partial charge in [-0.25, -0.2) is 0 Å². The van der Waals surface area contributed by atoms with Crippen molar-refractivity contribution >= 4 is 57.2 Å². The Bertz CT molecular complexity index is 4380. The zero-order chi connectivity index (χ0) is 62.9. The number of anilines is 6. The highest BCUT2D eigenvalue weighted by atomic mass is 15.2. The summed E-state index contributed by atoms with van der Waals surface area (Å²) in [6.45, 7) is 6.85. The molecule has 93 heavy (non-hydrogen) atoms. The van der Waals surface area contributed by atoms with E-state index in [0.29, 0.717) is 0 Å². The van der Waals surface area contributed by atoms with Crippen molar-refractivity contribution in [3.8, 4) is 77.9 Å². The fraction of sp³-hybridized carbons (Fsp3) is 0.200. The minimum atomic E-state index is -0.110. The van der Waals surface area contributed by atoms with Crippen LogP contribution in [-0.4, -0.2) is 6.71 Å². The first-order valence-corrected chi connectivity index (χ1v) is 34.9. The van der Waals surface area contributed by atoms with Crippen molar-refractivity contribution in [3.63, 3.8) is 0 Å². The number of aryl methyl sites for hydroxylation is 3. The molecule has 458 valence electrons. The van der Waals surface area contributed by atoms with E-state index in [1.807, 2.05) is 0 Å². The second-order valence-electron chi connectivity index (χ2n) is 26.0. The Balaban J connectivity index is 1.13. The van der Waals surface area contributed by atoms with Crippen LogP contribution in [0.2, 0.25) is 0 Å². The average Bonchev–Trinajstić information content (AvgIpc) is 0.692. The van der Waals surface area contributed by atoms with Gasteiger partial charge in [0.25, 0.3) is 6.71 Å². The molecule has 0 bridgehead atoms. The lowest BCUT2D eigenvalue weighted by Gasteiger charge is -2.46. The summed E-state index contributed by atoms with van der Waals surface area (Å²) in [6, 6.07) is 107. The first-order chi connectivity index (χ1) is 46.0. The van der Waals surface area contributed by atoms with Crippen LogP contribution in [0, 0.1) is 0 Å². The number of hydrogen-bond acceptors (Lipinski definition) is 2. The zero-order valence-corrected chi connectivity index (χ0v) is 54.6. The van der Waals surface area contributed by atoms with Crippen LogP contribution < -0.4 is 26.2 Å². The van der Waals surface area contributed by atoms with Gasteiger partial charge in [0.2, 0.25) is 0 Å². The molecule has 12 aromatic carbocycles. The van der Waals surface area contributed by atoms with Crippen LogP contribution in [0.1, 0.15) is 115 Å². The fourth-order valence-electron chi connectivity index (χ4n) is 14.9. The van der Waals surface area contributed by atoms with E-state index in [-0.39, 0.29) is 6.71 Å². The lowest BCUT2D eigenvalue weighted by molar-refractivity contribution is 0.667. The van der Waals surface area contributed by atoms with E-state index >= 15 is 0 Å². The highest BCUT2D eigenvalue weighted by Gasteiger charge is 2.45. The van der Waals surface area contributed by atoms with Crippen LogP contribution in [0.4, 0.5) is 34.1 Å². The molecule has 0 amide bonds. The summed E-state index contributed by atoms with van der Waals surface area (Å²) in [6.07, 6.45) is 17.6. The predicted molar refractivity (Wildman–Crippen MR) is 402 cm³/mol. The van der Waals surface area contributed by atoms with Gasteiger partial charge < -0.3 is 9.80 Å². The lowest BCUT2D eigenvalue weighted by Crippen LogP contribution is -2.61. The van der Waals surface area contributed by atoms with E-state index in [4.69, 9.17) is 0 Å². The Labute approximate surface area is 554 Å². The van der Waals surface area contributed by atoms with Crippen molar-refractivity contribution in [2.75, 3.05) is 9.80 Å². The largest absolute Gasteiger partial charge is 0.310 e. The lowest BCUT2D eigenvalue weighted by atomic mass is 9.33. The highest BCUT2D eigenvalue weighted by molar-refractivity contribution is 7.00. The topological polar surface area (TPSA) is 6.48 Å². The predicted octanol–water partition coefficient (Wildman–Crippen LogP) is 23.8. The number of fused-ring (bicyclic) bond motifs is 4. The summed E-state index contributed by atoms with van der Waals surface area (Å²) in [5.41, 5.74) is 32.3. The molecule has 0 N–H and O–H groups in total. The number of nitrogens with zero attached hydrogens (tertiary/aromatic N) is 2. The van der Waals surface area contributed by atoms with Crippen LogP contribution in [0.3, 0.4) is 0 Å². The Morgan fingerprint density at radius 3 is 1.03 bits per heavy atom. The van der Waals surface area contributed by atoms with Crippen molar-refractivity contribution in [3.05, 3.63) is 296 Å². The second-order valence-corrected chi connectivity index (χ2v) is 26.0. The monoisotopic (exact) mass is 1200 g/mol. The van der Waals surface area contributed by atoms with Crippen molar-refractivity contribution in [2.24, 2.45) is 0 Å². The molecule has 2 aliphatic heterocycles. The average molecular weight is 1210 g/mol. The van der Waals surface area contributed by atoms with Gasteiger partial charge in [-0.15, -0.1) is 0 Å². The van der Waals surface area contributed by atoms with Gasteiger partial charge in [0.15, 0.2) is 0 Å². The van der Waals surface area contributed by atoms with Gasteiger partial charge in [-0.3, -0.25) is 0 Å². The molecular weight excluding hydrogens is 1120 g/mol. The molecular formula is C90H85BN2. The van der Waals surface area contributed by atoms with Crippen molar-refractivity contribution in [2.45, 2.75) is 117 Å². The molecule has 0 aliphatic carbocycles. The minimum absolute atomic E-state index is 0.110. The van der Waals surface area contributed by atoms with Crippen molar-refractivity contribution in [1.82, 2.24) is 0 Å². The number of unbranched alkanes of at least 4 members (excludes halogenated alkanes) is 9. The Morgan fingerprint density at radius 2 is 0.602 bits per heavy atom. The molecule has 14 rings (SSSR count). The highest BCUT2D eigenvalue weighted by Crippen LogP contribution is 2.55. The third-order valence-corrected chi connectivity index (χ3v) is 19.6. The van der Waals surface area contributed by atoms with Gasteiger partial charge in [0.05, 0.1) is 11.4 Å². The summed E-state index contributed by atoms with van der Waals surface area (Å²) in [4.78, 5) is 5.52. The van der Waals surface area contributed by atoms with Gasteiger partial charge in [0, 0.05) is 45.0 Å². The molecule has 0 radical (unpaired) electrons. The molecule has 12 aromatic rings. The van der Waals surface area contributed by atoms with Gasteiger partial charge in [-0.1, -0.05) is 309 Å². The fourth-order valence-corrected chi connectivity index (χ4v) is 14.9. The van der Waals surface area contributed by atoms with Gasteiger partial charge in [-0.2, -0.15) is 0 Å².